The van der Waals surface area contributed by atoms with Crippen molar-refractivity contribution in [2.24, 2.45) is 0 Å². The molecule has 1 N–H and O–H groups in total. The molecule has 0 unspecified atom stereocenters. The number of morpholine rings is 1. The van der Waals surface area contributed by atoms with Crippen LogP contribution in [-0.4, -0.2) is 53.0 Å². The van der Waals surface area contributed by atoms with Crippen LogP contribution < -0.4 is 5.32 Å². The van der Waals surface area contributed by atoms with E-state index in [1.54, 1.807) is 15.4 Å². The number of fused-ring (bicyclic) bond motifs is 1. The van der Waals surface area contributed by atoms with Crippen LogP contribution in [0.5, 0.6) is 0 Å². The van der Waals surface area contributed by atoms with Gasteiger partial charge in [0.15, 0.2) is 0 Å². The second-order valence-corrected chi connectivity index (χ2v) is 6.61. The summed E-state index contributed by atoms with van der Waals surface area (Å²) in [6.45, 7) is 3.93. The van der Waals surface area contributed by atoms with Crippen LogP contribution in [0.25, 0.3) is 16.9 Å². The molecule has 4 rings (SSSR count). The van der Waals surface area contributed by atoms with Crippen LogP contribution in [0.3, 0.4) is 0 Å². The van der Waals surface area contributed by atoms with Crippen molar-refractivity contribution in [3.8, 4) is 11.3 Å². The molecule has 146 valence electrons. The minimum atomic E-state index is -0.705. The average Bonchev–Trinajstić information content (AvgIpc) is 3.06. The largest absolute Gasteiger partial charge is 0.378 e. The first-order valence-corrected chi connectivity index (χ1v) is 9.08. The molecule has 1 amide bonds. The summed E-state index contributed by atoms with van der Waals surface area (Å²) in [5.41, 5.74) is 1.29. The second kappa shape index (κ2) is 7.55. The van der Waals surface area contributed by atoms with Crippen LogP contribution in [0.1, 0.15) is 5.69 Å². The molecule has 0 radical (unpaired) electrons. The Morgan fingerprint density at radius 3 is 2.54 bits per heavy atom. The van der Waals surface area contributed by atoms with Crippen molar-refractivity contribution in [3.63, 3.8) is 0 Å². The van der Waals surface area contributed by atoms with Crippen molar-refractivity contribution < 1.29 is 18.3 Å². The summed E-state index contributed by atoms with van der Waals surface area (Å²) in [5.74, 6) is -1.13. The summed E-state index contributed by atoms with van der Waals surface area (Å²) in [6, 6.07) is 9.14. The number of pyridine rings is 1. The number of amides is 1. The van der Waals surface area contributed by atoms with E-state index < -0.39 is 11.6 Å². The Labute approximate surface area is 160 Å². The lowest BCUT2D eigenvalue weighted by molar-refractivity contribution is -0.133. The first-order valence-electron chi connectivity index (χ1n) is 9.08. The third-order valence-corrected chi connectivity index (χ3v) is 4.81. The first-order chi connectivity index (χ1) is 13.6. The molecule has 0 bridgehead atoms. The summed E-state index contributed by atoms with van der Waals surface area (Å²) >= 11 is 0. The highest BCUT2D eigenvalue weighted by Crippen LogP contribution is 2.33. The van der Waals surface area contributed by atoms with E-state index in [2.05, 4.69) is 10.3 Å². The number of ether oxygens (including phenoxy) is 1. The summed E-state index contributed by atoms with van der Waals surface area (Å²) in [4.78, 5) is 18.7. The van der Waals surface area contributed by atoms with E-state index in [0.717, 1.165) is 5.69 Å². The minimum Gasteiger partial charge on any atom is -0.378 e. The Morgan fingerprint density at radius 1 is 1.14 bits per heavy atom. The molecule has 28 heavy (non-hydrogen) atoms. The number of aryl methyl sites for hydroxylation is 1. The van der Waals surface area contributed by atoms with Crippen molar-refractivity contribution in [1.82, 2.24) is 14.3 Å². The highest BCUT2D eigenvalue weighted by molar-refractivity contribution is 5.84. The van der Waals surface area contributed by atoms with Crippen LogP contribution >= 0.6 is 0 Å². The van der Waals surface area contributed by atoms with Crippen molar-refractivity contribution in [1.29, 1.82) is 0 Å². The molecule has 1 fully saturated rings. The van der Waals surface area contributed by atoms with Crippen molar-refractivity contribution in [3.05, 3.63) is 53.7 Å². The molecule has 1 aliphatic rings. The zero-order valence-corrected chi connectivity index (χ0v) is 15.4. The van der Waals surface area contributed by atoms with Crippen LogP contribution in [-0.2, 0) is 9.53 Å². The molecular formula is C20H20F2N4O2. The quantitative estimate of drug-likeness (QED) is 0.749. The third kappa shape index (κ3) is 3.31. The Kier molecular flexibility index (Phi) is 4.95. The van der Waals surface area contributed by atoms with Crippen LogP contribution in [0.4, 0.5) is 14.6 Å². The van der Waals surface area contributed by atoms with E-state index in [4.69, 9.17) is 4.74 Å². The summed E-state index contributed by atoms with van der Waals surface area (Å²) in [5, 5.41) is 3.06. The summed E-state index contributed by atoms with van der Waals surface area (Å²) in [6.07, 6.45) is 0. The van der Waals surface area contributed by atoms with Gasteiger partial charge in [0, 0.05) is 18.8 Å². The van der Waals surface area contributed by atoms with Crippen molar-refractivity contribution in [2.45, 2.75) is 6.92 Å². The van der Waals surface area contributed by atoms with Gasteiger partial charge in [0.1, 0.15) is 28.8 Å². The zero-order chi connectivity index (χ0) is 19.7. The van der Waals surface area contributed by atoms with E-state index in [-0.39, 0.29) is 23.7 Å². The Bertz CT molecular complexity index is 1010. The molecule has 1 aliphatic heterocycles. The van der Waals surface area contributed by atoms with Gasteiger partial charge >= 0.3 is 0 Å². The minimum absolute atomic E-state index is 0.00873. The van der Waals surface area contributed by atoms with Crippen molar-refractivity contribution in [2.75, 3.05) is 38.2 Å². The molecule has 1 aromatic carbocycles. The molecule has 0 aliphatic carbocycles. The predicted molar refractivity (Wildman–Crippen MR) is 101 cm³/mol. The Balaban J connectivity index is 1.74. The SMILES string of the molecule is Cc1cccc2nc(-c3c(F)cccc3F)c(NCC(=O)N3CCOCC3)n12. The molecule has 3 aromatic rings. The van der Waals surface area contributed by atoms with Gasteiger partial charge < -0.3 is 15.0 Å². The fourth-order valence-corrected chi connectivity index (χ4v) is 3.40. The van der Waals surface area contributed by atoms with E-state index >= 15 is 0 Å². The normalized spacial score (nSPS) is 14.5. The molecule has 0 atom stereocenters. The summed E-state index contributed by atoms with van der Waals surface area (Å²) < 4.78 is 35.9. The van der Waals surface area contributed by atoms with Crippen molar-refractivity contribution >= 4 is 17.4 Å². The second-order valence-electron chi connectivity index (χ2n) is 6.61. The Morgan fingerprint density at radius 2 is 1.82 bits per heavy atom. The monoisotopic (exact) mass is 386 g/mol. The smallest absolute Gasteiger partial charge is 0.242 e. The van der Waals surface area contributed by atoms with E-state index in [0.29, 0.717) is 37.8 Å². The van der Waals surface area contributed by atoms with E-state index in [1.807, 2.05) is 19.1 Å². The molecule has 2 aromatic heterocycles. The number of anilines is 1. The Hall–Kier alpha value is -3.00. The number of hydrogen-bond acceptors (Lipinski definition) is 4. The maximum absolute atomic E-state index is 14.4. The highest BCUT2D eigenvalue weighted by Gasteiger charge is 2.23. The molecule has 1 saturated heterocycles. The van der Waals surface area contributed by atoms with Gasteiger partial charge in [-0.3, -0.25) is 9.20 Å². The third-order valence-electron chi connectivity index (χ3n) is 4.81. The lowest BCUT2D eigenvalue weighted by atomic mass is 10.1. The number of carbonyl (C=O) groups excluding carboxylic acids is 1. The lowest BCUT2D eigenvalue weighted by Gasteiger charge is -2.27. The van der Waals surface area contributed by atoms with Gasteiger partial charge in [0.25, 0.3) is 0 Å². The predicted octanol–water partition coefficient (Wildman–Crippen LogP) is 2.86. The van der Waals surface area contributed by atoms with Crippen LogP contribution in [0.2, 0.25) is 0 Å². The molecular weight excluding hydrogens is 366 g/mol. The number of rotatable bonds is 4. The lowest BCUT2D eigenvalue weighted by Crippen LogP contribution is -2.43. The maximum Gasteiger partial charge on any atom is 0.242 e. The number of hydrogen-bond donors (Lipinski definition) is 1. The molecule has 0 saturated carbocycles. The van der Waals surface area contributed by atoms with Gasteiger partial charge in [0.05, 0.1) is 25.3 Å². The standard InChI is InChI=1S/C20H20F2N4O2/c1-13-4-2-7-16-24-19(18-14(21)5-3-6-15(18)22)20(26(13)16)23-12-17(27)25-8-10-28-11-9-25/h2-7,23H,8-12H2,1H3. The topological polar surface area (TPSA) is 58.9 Å². The van der Waals surface area contributed by atoms with E-state index in [1.165, 1.54) is 18.2 Å². The first kappa shape index (κ1) is 18.4. The zero-order valence-electron chi connectivity index (χ0n) is 15.4. The average molecular weight is 386 g/mol. The van der Waals surface area contributed by atoms with Gasteiger partial charge in [-0.2, -0.15) is 0 Å². The van der Waals surface area contributed by atoms with Crippen LogP contribution in [0, 0.1) is 18.6 Å². The number of aromatic nitrogens is 2. The number of halogens is 2. The van der Waals surface area contributed by atoms with Gasteiger partial charge in [-0.15, -0.1) is 0 Å². The van der Waals surface area contributed by atoms with Crippen LogP contribution in [0.15, 0.2) is 36.4 Å². The molecule has 6 nitrogen and oxygen atoms in total. The van der Waals surface area contributed by atoms with E-state index in [9.17, 15) is 13.6 Å². The summed E-state index contributed by atoms with van der Waals surface area (Å²) in [7, 11) is 0. The van der Waals surface area contributed by atoms with Gasteiger partial charge in [0.2, 0.25) is 5.91 Å². The van der Waals surface area contributed by atoms with Gasteiger partial charge in [-0.1, -0.05) is 12.1 Å². The van der Waals surface area contributed by atoms with Gasteiger partial charge in [-0.05, 0) is 31.2 Å². The number of nitrogens with one attached hydrogen (secondary N) is 1. The maximum atomic E-state index is 14.4. The number of carbonyl (C=O) groups is 1. The number of benzene rings is 1. The number of imidazole rings is 1. The molecule has 3 heterocycles. The molecule has 8 heteroatoms. The highest BCUT2D eigenvalue weighted by atomic mass is 19.1. The fraction of sp³-hybridized carbons (Fsp3) is 0.300. The fourth-order valence-electron chi connectivity index (χ4n) is 3.40. The molecule has 0 spiro atoms. The van der Waals surface area contributed by atoms with Gasteiger partial charge in [-0.25, -0.2) is 13.8 Å². The number of nitrogens with zero attached hydrogens (tertiary/aromatic N) is 3.